The van der Waals surface area contributed by atoms with Gasteiger partial charge in [0.15, 0.2) is 0 Å². The van der Waals surface area contributed by atoms with Crippen molar-refractivity contribution in [2.45, 2.75) is 131 Å². The van der Waals surface area contributed by atoms with E-state index in [0.29, 0.717) is 29.2 Å². The molecule has 7 atom stereocenters. The molecule has 222 valence electrons. The first-order valence-electron chi connectivity index (χ1n) is 15.5. The van der Waals surface area contributed by atoms with Crippen molar-refractivity contribution in [2.24, 2.45) is 39.7 Å². The highest BCUT2D eigenvalue weighted by Gasteiger charge is 2.64. The fourth-order valence-electron chi connectivity index (χ4n) is 9.72. The fraction of sp³-hybridized carbons (Fsp3) is 0.824. The molecule has 0 aromatic heterocycles. The number of carbonyl (C=O) groups is 1. The van der Waals surface area contributed by atoms with E-state index in [4.69, 9.17) is 11.1 Å². The Morgan fingerprint density at radius 1 is 1.10 bits per heavy atom. The Hall–Kier alpha value is -1.46. The fourth-order valence-corrected chi connectivity index (χ4v) is 9.72. The lowest BCUT2D eigenvalue weighted by molar-refractivity contribution is -0.109. The number of carbonyl (C=O) groups excluding carboxylic acids is 1. The first-order chi connectivity index (χ1) is 17.9. The number of allylic oxidation sites excluding steroid dienone is 3. The minimum Gasteiger partial charge on any atom is -0.359 e. The second kappa shape index (κ2) is 12.2. The van der Waals surface area contributed by atoms with E-state index in [2.05, 4.69) is 51.0 Å². The molecule has 4 aliphatic carbocycles. The van der Waals surface area contributed by atoms with E-state index in [1.165, 1.54) is 56.9 Å². The highest BCUT2D eigenvalue weighted by molar-refractivity contribution is 5.82. The zero-order chi connectivity index (χ0) is 27.8. The average molecular weight is 541 g/mol. The van der Waals surface area contributed by atoms with Gasteiger partial charge in [0.2, 0.25) is 6.41 Å². The van der Waals surface area contributed by atoms with Crippen LogP contribution in [-0.4, -0.2) is 36.8 Å². The molecule has 4 fully saturated rings. The molecule has 5 rings (SSSR count). The molecular formula is C34H60N4O. The van der Waals surface area contributed by atoms with Crippen LogP contribution in [0.5, 0.6) is 0 Å². The standard InChI is InChI=1S/C22H34N2.C11H22N2O.CH4/c1-14-7-10-20(3)16(13-14)8-12-22(24)18-6-5-17(15(2)23)21(18,4)11-9-19(20)22;1-11(2)6-8-13-10(11)5-3-4-7-12-9-14;/h13,17-19,23H,1,5-12,24H2,2-4H3;9-10,13H,3-8H2,1-2H3,(H,12,14);1H4. The molecule has 0 aromatic rings. The predicted octanol–water partition coefficient (Wildman–Crippen LogP) is 7.17. The zero-order valence-corrected chi connectivity index (χ0v) is 25.1. The van der Waals surface area contributed by atoms with Crippen LogP contribution in [-0.2, 0) is 4.79 Å². The van der Waals surface area contributed by atoms with Gasteiger partial charge in [-0.2, -0.15) is 0 Å². The largest absolute Gasteiger partial charge is 0.359 e. The summed E-state index contributed by atoms with van der Waals surface area (Å²) in [6.45, 7) is 17.8. The molecule has 5 aliphatic rings. The van der Waals surface area contributed by atoms with Gasteiger partial charge in [-0.25, -0.2) is 0 Å². The number of nitrogens with two attached hydrogens (primary N) is 1. The summed E-state index contributed by atoms with van der Waals surface area (Å²) in [5, 5.41) is 14.5. The summed E-state index contributed by atoms with van der Waals surface area (Å²) in [4.78, 5) is 10.0. The van der Waals surface area contributed by atoms with Gasteiger partial charge in [0, 0.05) is 29.8 Å². The third kappa shape index (κ3) is 5.96. The summed E-state index contributed by atoms with van der Waals surface area (Å²) < 4.78 is 0. The van der Waals surface area contributed by atoms with Gasteiger partial charge in [-0.05, 0) is 112 Å². The maximum Gasteiger partial charge on any atom is 0.207 e. The van der Waals surface area contributed by atoms with Gasteiger partial charge in [-0.15, -0.1) is 0 Å². The Morgan fingerprint density at radius 3 is 2.49 bits per heavy atom. The van der Waals surface area contributed by atoms with Crippen molar-refractivity contribution in [1.29, 1.82) is 5.41 Å². The van der Waals surface area contributed by atoms with Gasteiger partial charge < -0.3 is 21.8 Å². The topological polar surface area (TPSA) is 91.0 Å². The molecule has 3 saturated carbocycles. The molecule has 1 heterocycles. The summed E-state index contributed by atoms with van der Waals surface area (Å²) in [6.07, 6.45) is 17.5. The van der Waals surface area contributed by atoms with Crippen molar-refractivity contribution >= 4 is 12.1 Å². The number of rotatable bonds is 7. The quantitative estimate of drug-likeness (QED) is 0.157. The van der Waals surface area contributed by atoms with Crippen LogP contribution < -0.4 is 16.4 Å². The van der Waals surface area contributed by atoms with Crippen LogP contribution >= 0.6 is 0 Å². The van der Waals surface area contributed by atoms with Gasteiger partial charge in [0.25, 0.3) is 0 Å². The third-order valence-electron chi connectivity index (χ3n) is 12.1. The lowest BCUT2D eigenvalue weighted by Gasteiger charge is -2.63. The molecule has 0 radical (unpaired) electrons. The average Bonchev–Trinajstić information content (AvgIpc) is 3.39. The van der Waals surface area contributed by atoms with Gasteiger partial charge in [0.1, 0.15) is 0 Å². The summed E-state index contributed by atoms with van der Waals surface area (Å²) in [6, 6.07) is 0.665. The normalized spacial score (nSPS) is 40.1. The van der Waals surface area contributed by atoms with Gasteiger partial charge in [-0.1, -0.05) is 65.3 Å². The van der Waals surface area contributed by atoms with Gasteiger partial charge >= 0.3 is 0 Å². The van der Waals surface area contributed by atoms with Crippen molar-refractivity contribution in [2.75, 3.05) is 13.1 Å². The minimum atomic E-state index is -0.0258. The molecule has 1 saturated heterocycles. The first kappa shape index (κ1) is 32.1. The molecule has 5 N–H and O–H groups in total. The minimum absolute atomic E-state index is 0. The van der Waals surface area contributed by atoms with Crippen molar-refractivity contribution in [3.63, 3.8) is 0 Å². The van der Waals surface area contributed by atoms with Crippen molar-refractivity contribution < 1.29 is 4.79 Å². The maximum absolute atomic E-state index is 10.0. The van der Waals surface area contributed by atoms with Crippen LogP contribution in [0.1, 0.15) is 119 Å². The Bertz CT molecular complexity index is 939. The molecule has 0 aromatic carbocycles. The number of unbranched alkanes of at least 4 members (excludes halogenated alkanes) is 1. The number of nitrogens with one attached hydrogen (secondary N) is 3. The number of hydrogen-bond donors (Lipinski definition) is 4. The van der Waals surface area contributed by atoms with Gasteiger partial charge in [-0.3, -0.25) is 4.79 Å². The Morgan fingerprint density at radius 2 is 1.85 bits per heavy atom. The van der Waals surface area contributed by atoms with Crippen LogP contribution in [0, 0.1) is 39.4 Å². The van der Waals surface area contributed by atoms with Crippen molar-refractivity contribution in [3.8, 4) is 0 Å². The van der Waals surface area contributed by atoms with Crippen molar-refractivity contribution in [3.05, 3.63) is 23.8 Å². The second-order valence-electron chi connectivity index (χ2n) is 14.6. The molecule has 0 bridgehead atoms. The van der Waals surface area contributed by atoms with E-state index < -0.39 is 0 Å². The van der Waals surface area contributed by atoms with E-state index >= 15 is 0 Å². The molecule has 0 spiro atoms. The molecule has 5 heteroatoms. The molecule has 1 aliphatic heterocycles. The molecule has 39 heavy (non-hydrogen) atoms. The Labute approximate surface area is 240 Å². The van der Waals surface area contributed by atoms with Gasteiger partial charge in [0.05, 0.1) is 0 Å². The summed E-state index contributed by atoms with van der Waals surface area (Å²) in [7, 11) is 0. The van der Waals surface area contributed by atoms with Crippen LogP contribution in [0.2, 0.25) is 0 Å². The summed E-state index contributed by atoms with van der Waals surface area (Å²) in [5.41, 5.74) is 12.1. The predicted molar refractivity (Wildman–Crippen MR) is 166 cm³/mol. The molecule has 7 unspecified atom stereocenters. The highest BCUT2D eigenvalue weighted by atomic mass is 16.1. The molecule has 5 nitrogen and oxygen atoms in total. The van der Waals surface area contributed by atoms with E-state index in [0.717, 1.165) is 50.9 Å². The highest BCUT2D eigenvalue weighted by Crippen LogP contribution is 2.67. The van der Waals surface area contributed by atoms with Crippen LogP contribution in [0.3, 0.4) is 0 Å². The molecule has 1 amide bonds. The summed E-state index contributed by atoms with van der Waals surface area (Å²) >= 11 is 0. The second-order valence-corrected chi connectivity index (χ2v) is 14.6. The van der Waals surface area contributed by atoms with Crippen LogP contribution in [0.25, 0.3) is 0 Å². The smallest absolute Gasteiger partial charge is 0.207 e. The third-order valence-corrected chi connectivity index (χ3v) is 12.1. The number of hydrogen-bond acceptors (Lipinski definition) is 4. The Kier molecular flexibility index (Phi) is 10.0. The SMILES string of the molecule is C.C=C1C=C2CCC3(N)C(CCC4(C)C(C(C)=N)CCC43)C2(C)CC1.CC1(C)CCNC1CCCCNC=O. The monoisotopic (exact) mass is 540 g/mol. The first-order valence-corrected chi connectivity index (χ1v) is 15.5. The zero-order valence-electron chi connectivity index (χ0n) is 25.1. The van der Waals surface area contributed by atoms with Crippen LogP contribution in [0.4, 0.5) is 0 Å². The lowest BCUT2D eigenvalue weighted by Crippen LogP contribution is -2.66. The van der Waals surface area contributed by atoms with E-state index in [1.807, 2.05) is 6.92 Å². The molecular weight excluding hydrogens is 480 g/mol. The van der Waals surface area contributed by atoms with Crippen molar-refractivity contribution in [1.82, 2.24) is 10.6 Å². The maximum atomic E-state index is 10.0. The van der Waals surface area contributed by atoms with E-state index in [1.54, 1.807) is 5.57 Å². The lowest BCUT2D eigenvalue weighted by atomic mass is 9.43. The van der Waals surface area contributed by atoms with Crippen LogP contribution in [0.15, 0.2) is 23.8 Å². The number of fused-ring (bicyclic) bond motifs is 5. The summed E-state index contributed by atoms with van der Waals surface area (Å²) in [5.74, 6) is 1.67. The van der Waals surface area contributed by atoms with E-state index in [9.17, 15) is 4.79 Å². The number of amides is 1. The van der Waals surface area contributed by atoms with E-state index in [-0.39, 0.29) is 23.8 Å². The Balaban J connectivity index is 0.000000242.